The van der Waals surface area contributed by atoms with E-state index >= 15 is 0 Å². The summed E-state index contributed by atoms with van der Waals surface area (Å²) in [6, 6.07) is 20.9. The zero-order valence-corrected chi connectivity index (χ0v) is 18.6. The molecule has 0 aliphatic carbocycles. The molecule has 2 aromatic carbocycles. The number of nitrogens with one attached hydrogen (secondary N) is 1. The van der Waals surface area contributed by atoms with Gasteiger partial charge in [0, 0.05) is 49.8 Å². The molecule has 5 rings (SSSR count). The van der Waals surface area contributed by atoms with Gasteiger partial charge in [0.1, 0.15) is 5.65 Å². The maximum atomic E-state index is 4.71. The molecule has 6 heteroatoms. The summed E-state index contributed by atoms with van der Waals surface area (Å²) in [6.07, 6.45) is 6.01. The second-order valence-corrected chi connectivity index (χ2v) is 8.43. The van der Waals surface area contributed by atoms with Crippen LogP contribution in [0.1, 0.15) is 11.1 Å². The zero-order chi connectivity index (χ0) is 21.9. The van der Waals surface area contributed by atoms with Crippen LogP contribution >= 0.6 is 0 Å². The van der Waals surface area contributed by atoms with E-state index in [9.17, 15) is 0 Å². The SMILES string of the molecule is Cc1ccc2nc(-c3ccc(N/N=C/c4ccc(N5CCN(C)CC5)cc4)cc3)cn2c1. The van der Waals surface area contributed by atoms with Gasteiger partial charge in [0.25, 0.3) is 0 Å². The molecular formula is C26H28N6. The van der Waals surface area contributed by atoms with Crippen molar-refractivity contribution in [2.45, 2.75) is 6.92 Å². The summed E-state index contributed by atoms with van der Waals surface area (Å²) >= 11 is 0. The number of hydrogen-bond acceptors (Lipinski definition) is 5. The summed E-state index contributed by atoms with van der Waals surface area (Å²) in [5.41, 5.74) is 10.6. The fourth-order valence-electron chi connectivity index (χ4n) is 3.97. The molecule has 1 saturated heterocycles. The van der Waals surface area contributed by atoms with Crippen LogP contribution in [0.3, 0.4) is 0 Å². The number of aromatic nitrogens is 2. The van der Waals surface area contributed by atoms with Gasteiger partial charge in [-0.05, 0) is 55.4 Å². The summed E-state index contributed by atoms with van der Waals surface area (Å²) in [6.45, 7) is 6.47. The van der Waals surface area contributed by atoms with Crippen molar-refractivity contribution in [1.29, 1.82) is 0 Å². The van der Waals surface area contributed by atoms with Crippen molar-refractivity contribution in [1.82, 2.24) is 14.3 Å². The molecule has 0 spiro atoms. The highest BCUT2D eigenvalue weighted by atomic mass is 15.3. The van der Waals surface area contributed by atoms with Crippen LogP contribution in [0.5, 0.6) is 0 Å². The molecule has 0 unspecified atom stereocenters. The third-order valence-electron chi connectivity index (χ3n) is 5.95. The average molecular weight is 425 g/mol. The van der Waals surface area contributed by atoms with Crippen molar-refractivity contribution in [2.75, 3.05) is 43.6 Å². The Morgan fingerprint density at radius 1 is 0.875 bits per heavy atom. The monoisotopic (exact) mass is 424 g/mol. The van der Waals surface area contributed by atoms with Crippen LogP contribution in [0.2, 0.25) is 0 Å². The van der Waals surface area contributed by atoms with Crippen molar-refractivity contribution in [3.8, 4) is 11.3 Å². The molecule has 1 aliphatic rings. The molecule has 0 radical (unpaired) electrons. The molecule has 0 atom stereocenters. The topological polar surface area (TPSA) is 48.2 Å². The number of nitrogens with zero attached hydrogens (tertiary/aromatic N) is 5. The van der Waals surface area contributed by atoms with E-state index < -0.39 is 0 Å². The van der Waals surface area contributed by atoms with Gasteiger partial charge in [-0.3, -0.25) is 5.43 Å². The number of likely N-dealkylation sites (N-methyl/N-ethyl adjacent to an activating group) is 1. The van der Waals surface area contributed by atoms with Gasteiger partial charge in [-0.25, -0.2) is 4.98 Å². The molecular weight excluding hydrogens is 396 g/mol. The van der Waals surface area contributed by atoms with E-state index in [0.717, 1.165) is 54.3 Å². The lowest BCUT2D eigenvalue weighted by Crippen LogP contribution is -2.44. The van der Waals surface area contributed by atoms with Crippen LogP contribution in [0, 0.1) is 6.92 Å². The summed E-state index contributed by atoms with van der Waals surface area (Å²) in [5.74, 6) is 0. The third-order valence-corrected chi connectivity index (χ3v) is 5.95. The van der Waals surface area contributed by atoms with Crippen LogP contribution in [-0.2, 0) is 0 Å². The first kappa shape index (κ1) is 20.3. The Bertz CT molecular complexity index is 1220. The number of hydrogen-bond donors (Lipinski definition) is 1. The van der Waals surface area contributed by atoms with E-state index in [1.54, 1.807) is 0 Å². The van der Waals surface area contributed by atoms with Gasteiger partial charge in [0.15, 0.2) is 0 Å². The standard InChI is InChI=1S/C26H28N6/c1-20-3-12-26-28-25(19-32(26)18-20)22-6-8-23(9-7-22)29-27-17-21-4-10-24(11-5-21)31-15-13-30(2)14-16-31/h3-12,17-19,29H,13-16H2,1-2H3/b27-17+. The minimum atomic E-state index is 0.943. The Hall–Kier alpha value is -3.64. The van der Waals surface area contributed by atoms with Crippen LogP contribution in [0.25, 0.3) is 16.9 Å². The van der Waals surface area contributed by atoms with Crippen LogP contribution < -0.4 is 10.3 Å². The first-order chi connectivity index (χ1) is 15.6. The Morgan fingerprint density at radius 3 is 2.38 bits per heavy atom. The summed E-state index contributed by atoms with van der Waals surface area (Å²) in [4.78, 5) is 9.51. The van der Waals surface area contributed by atoms with Crippen molar-refractivity contribution in [2.24, 2.45) is 5.10 Å². The van der Waals surface area contributed by atoms with Gasteiger partial charge < -0.3 is 14.2 Å². The molecule has 0 bridgehead atoms. The lowest BCUT2D eigenvalue weighted by molar-refractivity contribution is 0.313. The lowest BCUT2D eigenvalue weighted by atomic mass is 10.1. The van der Waals surface area contributed by atoms with Crippen molar-refractivity contribution < 1.29 is 0 Å². The molecule has 0 amide bonds. The maximum Gasteiger partial charge on any atom is 0.137 e. The number of rotatable bonds is 5. The zero-order valence-electron chi connectivity index (χ0n) is 18.6. The summed E-state index contributed by atoms with van der Waals surface area (Å²) in [7, 11) is 2.18. The number of aryl methyl sites for hydroxylation is 1. The number of fused-ring (bicyclic) bond motifs is 1. The van der Waals surface area contributed by atoms with Gasteiger partial charge in [-0.15, -0.1) is 0 Å². The Balaban J connectivity index is 1.20. The van der Waals surface area contributed by atoms with E-state index in [2.05, 4.69) is 93.6 Å². The summed E-state index contributed by atoms with van der Waals surface area (Å²) < 4.78 is 2.07. The molecule has 0 saturated carbocycles. The predicted octanol–water partition coefficient (Wildman–Crippen LogP) is 4.51. The first-order valence-corrected chi connectivity index (χ1v) is 11.0. The normalized spacial score (nSPS) is 15.0. The Morgan fingerprint density at radius 2 is 1.62 bits per heavy atom. The van der Waals surface area contributed by atoms with Crippen LogP contribution in [0.4, 0.5) is 11.4 Å². The number of piperazine rings is 1. The van der Waals surface area contributed by atoms with E-state index in [-0.39, 0.29) is 0 Å². The van der Waals surface area contributed by atoms with Crippen molar-refractivity contribution >= 4 is 23.2 Å². The van der Waals surface area contributed by atoms with Crippen molar-refractivity contribution in [3.05, 3.63) is 84.2 Å². The van der Waals surface area contributed by atoms with Gasteiger partial charge in [0.05, 0.1) is 17.6 Å². The fraction of sp³-hybridized carbons (Fsp3) is 0.231. The van der Waals surface area contributed by atoms with E-state index in [4.69, 9.17) is 4.98 Å². The van der Waals surface area contributed by atoms with Crippen LogP contribution in [0.15, 0.2) is 78.2 Å². The molecule has 162 valence electrons. The Labute approximate surface area is 188 Å². The fourth-order valence-corrected chi connectivity index (χ4v) is 3.97. The van der Waals surface area contributed by atoms with Gasteiger partial charge >= 0.3 is 0 Å². The quantitative estimate of drug-likeness (QED) is 0.378. The highest BCUT2D eigenvalue weighted by molar-refractivity contribution is 5.81. The van der Waals surface area contributed by atoms with E-state index in [1.807, 2.05) is 24.4 Å². The second-order valence-electron chi connectivity index (χ2n) is 8.43. The van der Waals surface area contributed by atoms with Gasteiger partial charge in [0.2, 0.25) is 0 Å². The minimum Gasteiger partial charge on any atom is -0.369 e. The Kier molecular flexibility index (Phi) is 5.60. The van der Waals surface area contributed by atoms with Crippen molar-refractivity contribution in [3.63, 3.8) is 0 Å². The summed E-state index contributed by atoms with van der Waals surface area (Å²) in [5, 5.41) is 4.40. The smallest absolute Gasteiger partial charge is 0.137 e. The average Bonchev–Trinajstić information content (AvgIpc) is 3.24. The highest BCUT2D eigenvalue weighted by Crippen LogP contribution is 2.22. The predicted molar refractivity (Wildman–Crippen MR) is 133 cm³/mol. The molecule has 2 aromatic heterocycles. The molecule has 1 fully saturated rings. The number of benzene rings is 2. The largest absolute Gasteiger partial charge is 0.369 e. The van der Waals surface area contributed by atoms with Crippen LogP contribution in [-0.4, -0.2) is 53.7 Å². The number of hydrazone groups is 1. The minimum absolute atomic E-state index is 0.943. The molecule has 32 heavy (non-hydrogen) atoms. The molecule has 1 N–H and O–H groups in total. The first-order valence-electron chi connectivity index (χ1n) is 11.0. The maximum absolute atomic E-state index is 4.71. The number of pyridine rings is 1. The second kappa shape index (κ2) is 8.85. The van der Waals surface area contributed by atoms with E-state index in [1.165, 1.54) is 11.3 Å². The highest BCUT2D eigenvalue weighted by Gasteiger charge is 2.13. The molecule has 4 aromatic rings. The van der Waals surface area contributed by atoms with E-state index in [0.29, 0.717) is 0 Å². The number of anilines is 2. The lowest BCUT2D eigenvalue weighted by Gasteiger charge is -2.34. The molecule has 1 aliphatic heterocycles. The third kappa shape index (κ3) is 4.50. The molecule has 3 heterocycles. The van der Waals surface area contributed by atoms with Gasteiger partial charge in [-0.1, -0.05) is 30.3 Å². The van der Waals surface area contributed by atoms with Gasteiger partial charge in [-0.2, -0.15) is 5.10 Å². The number of imidazole rings is 1. The molecule has 6 nitrogen and oxygen atoms in total.